The number of methoxy groups -OCH3 is 1. The summed E-state index contributed by atoms with van der Waals surface area (Å²) < 4.78 is 17.4. The van der Waals surface area contributed by atoms with Crippen LogP contribution in [0.25, 0.3) is 33.5 Å². The Morgan fingerprint density at radius 2 is 1.81 bits per heavy atom. The van der Waals surface area contributed by atoms with Gasteiger partial charge in [0.2, 0.25) is 0 Å². The highest BCUT2D eigenvalue weighted by Crippen LogP contribution is 2.39. The lowest BCUT2D eigenvalue weighted by Gasteiger charge is -2.14. The van der Waals surface area contributed by atoms with Crippen LogP contribution in [-0.2, 0) is 6.61 Å². The van der Waals surface area contributed by atoms with Gasteiger partial charge in [-0.2, -0.15) is 0 Å². The molecule has 0 fully saturated rings. The average molecular weight is 424 g/mol. The van der Waals surface area contributed by atoms with Crippen LogP contribution in [0.5, 0.6) is 17.2 Å². The van der Waals surface area contributed by atoms with Crippen LogP contribution >= 0.6 is 0 Å². The smallest absolute Gasteiger partial charge is 0.181 e. The van der Waals surface area contributed by atoms with Gasteiger partial charge in [-0.25, -0.2) is 9.97 Å². The van der Waals surface area contributed by atoms with Crippen molar-refractivity contribution in [2.45, 2.75) is 6.61 Å². The number of phenols is 1. The molecule has 5 aromatic rings. The van der Waals surface area contributed by atoms with E-state index < -0.39 is 0 Å². The molecule has 0 aliphatic rings. The summed E-state index contributed by atoms with van der Waals surface area (Å²) in [6.07, 6.45) is 3.03. The molecule has 2 aromatic heterocycles. The lowest BCUT2D eigenvalue weighted by molar-refractivity contribution is 0.310. The molecule has 2 heterocycles. The molecule has 5 rings (SSSR count). The Hall–Kier alpha value is -4.32. The Bertz CT molecular complexity index is 1370. The van der Waals surface area contributed by atoms with Crippen molar-refractivity contribution >= 4 is 10.9 Å². The minimum Gasteiger partial charge on any atom is -0.508 e. The second-order valence-electron chi connectivity index (χ2n) is 7.27. The van der Waals surface area contributed by atoms with Crippen LogP contribution in [0, 0.1) is 0 Å². The van der Waals surface area contributed by atoms with Gasteiger partial charge in [0.15, 0.2) is 12.2 Å². The normalized spacial score (nSPS) is 10.9. The quantitative estimate of drug-likeness (QED) is 0.368. The van der Waals surface area contributed by atoms with E-state index in [1.807, 2.05) is 54.6 Å². The molecule has 0 aliphatic heterocycles. The predicted octanol–water partition coefficient (Wildman–Crippen LogP) is 5.85. The number of fused-ring (bicyclic) bond motifs is 1. The van der Waals surface area contributed by atoms with E-state index in [0.717, 1.165) is 22.1 Å². The summed E-state index contributed by atoms with van der Waals surface area (Å²) in [5.41, 5.74) is 3.99. The third kappa shape index (κ3) is 3.86. The Labute approximate surface area is 184 Å². The molecule has 0 saturated carbocycles. The van der Waals surface area contributed by atoms with Crippen molar-refractivity contribution in [2.24, 2.45) is 0 Å². The highest BCUT2D eigenvalue weighted by molar-refractivity contribution is 5.93. The molecular weight excluding hydrogens is 404 g/mol. The number of rotatable bonds is 6. The van der Waals surface area contributed by atoms with E-state index in [0.29, 0.717) is 35.1 Å². The largest absolute Gasteiger partial charge is 0.508 e. The summed E-state index contributed by atoms with van der Waals surface area (Å²) in [4.78, 5) is 8.84. The summed E-state index contributed by atoms with van der Waals surface area (Å²) in [5, 5.41) is 10.8. The zero-order valence-corrected chi connectivity index (χ0v) is 17.4. The van der Waals surface area contributed by atoms with E-state index in [4.69, 9.17) is 18.9 Å². The van der Waals surface area contributed by atoms with E-state index >= 15 is 0 Å². The van der Waals surface area contributed by atoms with Gasteiger partial charge < -0.3 is 19.0 Å². The average Bonchev–Trinajstić information content (AvgIpc) is 3.37. The molecule has 3 aromatic carbocycles. The van der Waals surface area contributed by atoms with Crippen LogP contribution in [0.1, 0.15) is 5.56 Å². The molecule has 6 heteroatoms. The van der Waals surface area contributed by atoms with Crippen molar-refractivity contribution in [1.29, 1.82) is 0 Å². The Morgan fingerprint density at radius 1 is 0.938 bits per heavy atom. The number of aromatic hydroxyl groups is 1. The number of nitrogens with zero attached hydrogens (tertiary/aromatic N) is 2. The van der Waals surface area contributed by atoms with Gasteiger partial charge in [-0.1, -0.05) is 42.5 Å². The summed E-state index contributed by atoms with van der Waals surface area (Å²) in [6, 6.07) is 22.6. The van der Waals surface area contributed by atoms with E-state index in [9.17, 15) is 5.11 Å². The van der Waals surface area contributed by atoms with Crippen molar-refractivity contribution < 1.29 is 19.0 Å². The van der Waals surface area contributed by atoms with Crippen LogP contribution < -0.4 is 9.47 Å². The maximum absolute atomic E-state index is 9.94. The molecule has 0 radical (unpaired) electrons. The van der Waals surface area contributed by atoms with Gasteiger partial charge in [-0.05, 0) is 23.8 Å². The molecule has 0 bridgehead atoms. The molecule has 0 saturated heterocycles. The van der Waals surface area contributed by atoms with Gasteiger partial charge in [-0.15, -0.1) is 0 Å². The first-order valence-corrected chi connectivity index (χ1v) is 10.1. The molecule has 0 atom stereocenters. The number of oxazole rings is 1. The van der Waals surface area contributed by atoms with E-state index in [-0.39, 0.29) is 5.75 Å². The first-order valence-electron chi connectivity index (χ1n) is 10.1. The minimum absolute atomic E-state index is 0.175. The zero-order chi connectivity index (χ0) is 21.9. The number of ether oxygens (including phenoxy) is 2. The SMILES string of the molecule is COc1cc2nc(-c3cccc(O)c3)cc(OCc3ccccc3)c2cc1-c1cnco1. The Morgan fingerprint density at radius 3 is 2.56 bits per heavy atom. The first kappa shape index (κ1) is 19.6. The van der Waals surface area contributed by atoms with Crippen molar-refractivity contribution in [3.63, 3.8) is 0 Å². The number of hydrogen-bond donors (Lipinski definition) is 1. The molecule has 32 heavy (non-hydrogen) atoms. The fraction of sp³-hybridized carbons (Fsp3) is 0.0769. The second kappa shape index (κ2) is 8.43. The van der Waals surface area contributed by atoms with Crippen LogP contribution in [0.4, 0.5) is 0 Å². The predicted molar refractivity (Wildman–Crippen MR) is 122 cm³/mol. The lowest BCUT2D eigenvalue weighted by Crippen LogP contribution is -1.98. The third-order valence-corrected chi connectivity index (χ3v) is 5.17. The number of phenolic OH excluding ortho intramolecular Hbond substituents is 1. The van der Waals surface area contributed by atoms with E-state index in [2.05, 4.69) is 4.98 Å². The Kier molecular flexibility index (Phi) is 5.17. The van der Waals surface area contributed by atoms with Crippen molar-refractivity contribution in [3.8, 4) is 39.8 Å². The monoisotopic (exact) mass is 424 g/mol. The third-order valence-electron chi connectivity index (χ3n) is 5.17. The van der Waals surface area contributed by atoms with Crippen LogP contribution in [-0.4, -0.2) is 22.2 Å². The number of pyridine rings is 1. The van der Waals surface area contributed by atoms with Crippen LogP contribution in [0.2, 0.25) is 0 Å². The molecule has 158 valence electrons. The Balaban J connectivity index is 1.67. The fourth-order valence-electron chi connectivity index (χ4n) is 3.60. The number of benzene rings is 3. The summed E-state index contributed by atoms with van der Waals surface area (Å²) in [6.45, 7) is 0.406. The minimum atomic E-state index is 0.175. The molecular formula is C26H20N2O4. The molecule has 0 unspecified atom stereocenters. The van der Waals surface area contributed by atoms with Crippen LogP contribution in [0.3, 0.4) is 0 Å². The summed E-state index contributed by atoms with van der Waals surface area (Å²) >= 11 is 0. The second-order valence-corrected chi connectivity index (χ2v) is 7.27. The van der Waals surface area contributed by atoms with Crippen molar-refractivity contribution in [1.82, 2.24) is 9.97 Å². The molecule has 0 aliphatic carbocycles. The summed E-state index contributed by atoms with van der Waals surface area (Å²) in [7, 11) is 1.60. The fourth-order valence-corrected chi connectivity index (χ4v) is 3.60. The van der Waals surface area contributed by atoms with Gasteiger partial charge in [-0.3, -0.25) is 0 Å². The topological polar surface area (TPSA) is 77.6 Å². The maximum atomic E-state index is 9.94. The zero-order valence-electron chi connectivity index (χ0n) is 17.4. The van der Waals surface area contributed by atoms with Crippen LogP contribution in [0.15, 0.2) is 89.8 Å². The van der Waals surface area contributed by atoms with Gasteiger partial charge in [0.05, 0.1) is 30.1 Å². The van der Waals surface area contributed by atoms with Gasteiger partial charge >= 0.3 is 0 Å². The van der Waals surface area contributed by atoms with E-state index in [1.165, 1.54) is 6.39 Å². The number of aromatic nitrogens is 2. The lowest BCUT2D eigenvalue weighted by atomic mass is 10.0. The standard InChI is InChI=1S/C26H20N2O4/c1-30-24-13-23-20(11-21(24)26-14-27-16-32-26)25(31-15-17-6-3-2-4-7-17)12-22(28-23)18-8-5-9-19(29)10-18/h2-14,16,29H,15H2,1H3. The van der Waals surface area contributed by atoms with Gasteiger partial charge in [0, 0.05) is 23.1 Å². The van der Waals surface area contributed by atoms with Gasteiger partial charge in [0.1, 0.15) is 23.9 Å². The highest BCUT2D eigenvalue weighted by atomic mass is 16.5. The van der Waals surface area contributed by atoms with Crippen molar-refractivity contribution in [2.75, 3.05) is 7.11 Å². The molecule has 0 spiro atoms. The molecule has 1 N–H and O–H groups in total. The van der Waals surface area contributed by atoms with Gasteiger partial charge in [0.25, 0.3) is 0 Å². The van der Waals surface area contributed by atoms with Crippen molar-refractivity contribution in [3.05, 3.63) is 91.0 Å². The highest BCUT2D eigenvalue weighted by Gasteiger charge is 2.16. The molecule has 0 amide bonds. The van der Waals surface area contributed by atoms with E-state index in [1.54, 1.807) is 31.5 Å². The number of hydrogen-bond acceptors (Lipinski definition) is 6. The first-order chi connectivity index (χ1) is 15.7. The summed E-state index contributed by atoms with van der Waals surface area (Å²) in [5.74, 6) is 2.05. The molecule has 6 nitrogen and oxygen atoms in total. The maximum Gasteiger partial charge on any atom is 0.181 e.